The number of hydrogen-bond donors (Lipinski definition) is 1. The topological polar surface area (TPSA) is 68.2 Å². The molecule has 0 unspecified atom stereocenters. The normalized spacial score (nSPS) is 19.5. The zero-order valence-electron chi connectivity index (χ0n) is 16.1. The average molecular weight is 371 g/mol. The molecule has 0 atom stereocenters. The molecule has 1 fully saturated rings. The predicted octanol–water partition coefficient (Wildman–Crippen LogP) is 0.767. The Morgan fingerprint density at radius 2 is 1.93 bits per heavy atom. The van der Waals surface area contributed by atoms with E-state index in [1.807, 2.05) is 30.3 Å². The van der Waals surface area contributed by atoms with Crippen molar-refractivity contribution >= 4 is 17.5 Å². The predicted molar refractivity (Wildman–Crippen MR) is 105 cm³/mol. The second-order valence-corrected chi connectivity index (χ2v) is 7.21. The molecule has 1 aromatic rings. The summed E-state index contributed by atoms with van der Waals surface area (Å²) in [5.41, 5.74) is 1.97. The summed E-state index contributed by atoms with van der Waals surface area (Å²) >= 11 is 0. The highest BCUT2D eigenvalue weighted by atomic mass is 16.2. The van der Waals surface area contributed by atoms with Crippen LogP contribution in [-0.2, 0) is 9.59 Å². The molecule has 7 heteroatoms. The van der Waals surface area contributed by atoms with E-state index in [0.717, 1.165) is 43.9 Å². The number of nitrogens with one attached hydrogen (secondary N) is 1. The standard InChI is InChI=1S/C20H29N5O2/c1-23-11-5-12-24(15-14-23)16-19(26)21-10-13-25-20(27)9-8-18(22-25)17-6-3-2-4-7-17/h2-4,6-7H,5,8-16H2,1H3,(H,21,26). The van der Waals surface area contributed by atoms with Crippen molar-refractivity contribution < 1.29 is 9.59 Å². The first-order chi connectivity index (χ1) is 13.1. The number of benzene rings is 1. The van der Waals surface area contributed by atoms with Gasteiger partial charge in [-0.3, -0.25) is 14.5 Å². The van der Waals surface area contributed by atoms with Gasteiger partial charge in [-0.25, -0.2) is 5.01 Å². The fourth-order valence-corrected chi connectivity index (χ4v) is 3.43. The Balaban J connectivity index is 1.46. The van der Waals surface area contributed by atoms with Gasteiger partial charge in [0.1, 0.15) is 0 Å². The molecule has 2 amide bonds. The summed E-state index contributed by atoms with van der Waals surface area (Å²) < 4.78 is 0. The van der Waals surface area contributed by atoms with Crippen molar-refractivity contribution in [2.75, 3.05) is 52.9 Å². The Morgan fingerprint density at radius 3 is 2.74 bits per heavy atom. The second-order valence-electron chi connectivity index (χ2n) is 7.21. The molecule has 2 heterocycles. The van der Waals surface area contributed by atoms with E-state index < -0.39 is 0 Å². The lowest BCUT2D eigenvalue weighted by Crippen LogP contribution is -2.42. The number of hydrazone groups is 1. The van der Waals surface area contributed by atoms with Gasteiger partial charge < -0.3 is 10.2 Å². The lowest BCUT2D eigenvalue weighted by atomic mass is 10.0. The van der Waals surface area contributed by atoms with Gasteiger partial charge in [-0.05, 0) is 32.1 Å². The highest BCUT2D eigenvalue weighted by molar-refractivity contribution is 6.04. The van der Waals surface area contributed by atoms with Crippen molar-refractivity contribution in [3.05, 3.63) is 35.9 Å². The molecule has 27 heavy (non-hydrogen) atoms. The highest BCUT2D eigenvalue weighted by Gasteiger charge is 2.21. The van der Waals surface area contributed by atoms with Crippen molar-refractivity contribution in [2.45, 2.75) is 19.3 Å². The summed E-state index contributed by atoms with van der Waals surface area (Å²) in [5, 5.41) is 8.92. The third kappa shape index (κ3) is 5.87. The zero-order chi connectivity index (χ0) is 19.1. The first-order valence-electron chi connectivity index (χ1n) is 9.72. The molecule has 0 bridgehead atoms. The minimum Gasteiger partial charge on any atom is -0.353 e. The molecular formula is C20H29N5O2. The Morgan fingerprint density at radius 1 is 1.11 bits per heavy atom. The maximum absolute atomic E-state index is 12.2. The van der Waals surface area contributed by atoms with E-state index in [1.165, 1.54) is 5.01 Å². The van der Waals surface area contributed by atoms with Gasteiger partial charge in [-0.15, -0.1) is 0 Å². The Kier molecular flexibility index (Phi) is 6.95. The van der Waals surface area contributed by atoms with Crippen molar-refractivity contribution in [1.29, 1.82) is 0 Å². The lowest BCUT2D eigenvalue weighted by Gasteiger charge is -2.24. The van der Waals surface area contributed by atoms with Gasteiger partial charge in [0, 0.05) is 32.5 Å². The molecule has 3 rings (SSSR count). The molecule has 1 saturated heterocycles. The van der Waals surface area contributed by atoms with Crippen LogP contribution in [0.2, 0.25) is 0 Å². The van der Waals surface area contributed by atoms with Crippen molar-refractivity contribution in [3.63, 3.8) is 0 Å². The molecule has 2 aliphatic heterocycles. The number of likely N-dealkylation sites (N-methyl/N-ethyl adjacent to an activating group) is 1. The molecule has 1 aromatic carbocycles. The second kappa shape index (κ2) is 9.62. The summed E-state index contributed by atoms with van der Waals surface area (Å²) in [4.78, 5) is 28.8. The van der Waals surface area contributed by atoms with Gasteiger partial charge in [0.25, 0.3) is 0 Å². The van der Waals surface area contributed by atoms with Gasteiger partial charge in [0.2, 0.25) is 11.8 Å². The summed E-state index contributed by atoms with van der Waals surface area (Å²) in [6.07, 6.45) is 2.21. The quantitative estimate of drug-likeness (QED) is 0.802. The van der Waals surface area contributed by atoms with Gasteiger partial charge in [0.15, 0.2) is 0 Å². The molecular weight excluding hydrogens is 342 g/mol. The van der Waals surface area contributed by atoms with Gasteiger partial charge in [-0.1, -0.05) is 30.3 Å². The maximum atomic E-state index is 12.2. The van der Waals surface area contributed by atoms with Crippen LogP contribution in [0, 0.1) is 0 Å². The van der Waals surface area contributed by atoms with E-state index in [-0.39, 0.29) is 11.8 Å². The summed E-state index contributed by atoms with van der Waals surface area (Å²) in [6.45, 7) is 5.18. The molecule has 0 aliphatic carbocycles. The van der Waals surface area contributed by atoms with Crippen LogP contribution in [0.1, 0.15) is 24.8 Å². The first kappa shape index (κ1) is 19.5. The summed E-state index contributed by atoms with van der Waals surface area (Å²) in [6, 6.07) is 9.92. The Bertz CT molecular complexity index is 676. The molecule has 7 nitrogen and oxygen atoms in total. The van der Waals surface area contributed by atoms with Crippen LogP contribution >= 0.6 is 0 Å². The van der Waals surface area contributed by atoms with E-state index in [0.29, 0.717) is 32.5 Å². The molecule has 0 radical (unpaired) electrons. The lowest BCUT2D eigenvalue weighted by molar-refractivity contribution is -0.132. The third-order valence-corrected chi connectivity index (χ3v) is 5.04. The molecule has 0 spiro atoms. The fourth-order valence-electron chi connectivity index (χ4n) is 3.43. The van der Waals surface area contributed by atoms with Gasteiger partial charge in [-0.2, -0.15) is 5.10 Å². The zero-order valence-corrected chi connectivity index (χ0v) is 16.1. The Labute approximate surface area is 161 Å². The minimum absolute atomic E-state index is 0.0104. The van der Waals surface area contributed by atoms with E-state index in [1.54, 1.807) is 0 Å². The van der Waals surface area contributed by atoms with Gasteiger partial charge in [0.05, 0.1) is 18.8 Å². The first-order valence-corrected chi connectivity index (χ1v) is 9.72. The van der Waals surface area contributed by atoms with Crippen LogP contribution in [0.3, 0.4) is 0 Å². The SMILES string of the molecule is CN1CCCN(CC(=O)NCCN2N=C(c3ccccc3)CCC2=O)CC1. The monoisotopic (exact) mass is 371 g/mol. The van der Waals surface area contributed by atoms with Crippen LogP contribution < -0.4 is 5.32 Å². The van der Waals surface area contributed by atoms with E-state index >= 15 is 0 Å². The Hall–Kier alpha value is -2.25. The smallest absolute Gasteiger partial charge is 0.243 e. The van der Waals surface area contributed by atoms with Crippen LogP contribution in [0.4, 0.5) is 0 Å². The number of amides is 2. The van der Waals surface area contributed by atoms with Crippen molar-refractivity contribution in [3.8, 4) is 0 Å². The van der Waals surface area contributed by atoms with E-state index in [2.05, 4.69) is 27.3 Å². The molecule has 0 saturated carbocycles. The summed E-state index contributed by atoms with van der Waals surface area (Å²) in [7, 11) is 2.11. The minimum atomic E-state index is 0.0104. The average Bonchev–Trinajstić information content (AvgIpc) is 2.88. The molecule has 2 aliphatic rings. The van der Waals surface area contributed by atoms with Crippen LogP contribution in [0.15, 0.2) is 35.4 Å². The van der Waals surface area contributed by atoms with Crippen LogP contribution in [0.5, 0.6) is 0 Å². The third-order valence-electron chi connectivity index (χ3n) is 5.04. The van der Waals surface area contributed by atoms with Crippen LogP contribution in [0.25, 0.3) is 0 Å². The molecule has 0 aromatic heterocycles. The molecule has 146 valence electrons. The van der Waals surface area contributed by atoms with E-state index in [9.17, 15) is 9.59 Å². The molecule has 1 N–H and O–H groups in total. The van der Waals surface area contributed by atoms with Crippen molar-refractivity contribution in [1.82, 2.24) is 20.1 Å². The summed E-state index contributed by atoms with van der Waals surface area (Å²) in [5.74, 6) is 0.0239. The number of nitrogens with zero attached hydrogens (tertiary/aromatic N) is 4. The number of carbonyl (C=O) groups excluding carboxylic acids is 2. The number of rotatable bonds is 6. The number of hydrogen-bond acceptors (Lipinski definition) is 5. The number of carbonyl (C=O) groups is 2. The van der Waals surface area contributed by atoms with Crippen LogP contribution in [-0.4, -0.2) is 85.2 Å². The van der Waals surface area contributed by atoms with Gasteiger partial charge >= 0.3 is 0 Å². The van der Waals surface area contributed by atoms with E-state index in [4.69, 9.17) is 0 Å². The maximum Gasteiger partial charge on any atom is 0.243 e. The van der Waals surface area contributed by atoms with Crippen molar-refractivity contribution in [2.24, 2.45) is 5.10 Å². The largest absolute Gasteiger partial charge is 0.353 e. The fraction of sp³-hybridized carbons (Fsp3) is 0.550. The highest BCUT2D eigenvalue weighted by Crippen LogP contribution is 2.14.